The van der Waals surface area contributed by atoms with Crippen molar-refractivity contribution in [3.05, 3.63) is 46.7 Å². The average molecular weight is 277 g/mol. The van der Waals surface area contributed by atoms with Gasteiger partial charge in [-0.1, -0.05) is 11.6 Å². The number of carbonyl (C=O) groups is 1. The highest BCUT2D eigenvalue weighted by atomic mass is 35.5. The first-order valence-electron chi connectivity index (χ1n) is 5.67. The Morgan fingerprint density at radius 3 is 2.74 bits per heavy atom. The van der Waals surface area contributed by atoms with E-state index in [4.69, 9.17) is 11.6 Å². The van der Waals surface area contributed by atoms with Crippen LogP contribution in [0.2, 0.25) is 5.02 Å². The molecule has 98 valence electrons. The quantitative estimate of drug-likeness (QED) is 0.905. The van der Waals surface area contributed by atoms with Crippen LogP contribution in [0.4, 0.5) is 11.6 Å². The summed E-state index contributed by atoms with van der Waals surface area (Å²) in [6.07, 6.45) is 3.10. The number of amides is 1. The number of hydrogen-bond donors (Lipinski definition) is 2. The van der Waals surface area contributed by atoms with Crippen molar-refractivity contribution in [2.75, 3.05) is 17.7 Å². The van der Waals surface area contributed by atoms with Gasteiger partial charge in [0, 0.05) is 19.4 Å². The van der Waals surface area contributed by atoms with Crippen LogP contribution in [0.3, 0.4) is 0 Å². The van der Waals surface area contributed by atoms with Gasteiger partial charge in [-0.2, -0.15) is 0 Å². The summed E-state index contributed by atoms with van der Waals surface area (Å²) < 4.78 is 0. The Morgan fingerprint density at radius 2 is 2.11 bits per heavy atom. The maximum atomic E-state index is 12.0. The Bertz CT molecular complexity index is 615. The van der Waals surface area contributed by atoms with E-state index < -0.39 is 0 Å². The number of nitrogens with zero attached hydrogens (tertiary/aromatic N) is 2. The first-order chi connectivity index (χ1) is 9.10. The van der Waals surface area contributed by atoms with Crippen molar-refractivity contribution in [2.24, 2.45) is 0 Å². The summed E-state index contributed by atoms with van der Waals surface area (Å²) in [5, 5.41) is 5.92. The summed E-state index contributed by atoms with van der Waals surface area (Å²) in [6.45, 7) is 1.93. The molecule has 0 bridgehead atoms. The second kappa shape index (κ2) is 5.67. The number of carbonyl (C=O) groups excluding carboxylic acids is 1. The molecule has 0 atom stereocenters. The van der Waals surface area contributed by atoms with E-state index in [2.05, 4.69) is 20.6 Å². The van der Waals surface area contributed by atoms with E-state index in [-0.39, 0.29) is 5.91 Å². The van der Waals surface area contributed by atoms with Crippen LogP contribution >= 0.6 is 11.6 Å². The molecule has 19 heavy (non-hydrogen) atoms. The predicted molar refractivity (Wildman–Crippen MR) is 75.7 cm³/mol. The molecular weight excluding hydrogens is 264 g/mol. The lowest BCUT2D eigenvalue weighted by Crippen LogP contribution is -2.13. The normalized spacial score (nSPS) is 10.1. The number of halogens is 1. The molecule has 2 rings (SSSR count). The summed E-state index contributed by atoms with van der Waals surface area (Å²) in [5.74, 6) is 0.737. The number of aryl methyl sites for hydroxylation is 1. The maximum Gasteiger partial charge on any atom is 0.258 e. The Balaban J connectivity index is 2.18. The van der Waals surface area contributed by atoms with E-state index in [0.717, 1.165) is 5.56 Å². The lowest BCUT2D eigenvalue weighted by molar-refractivity contribution is 0.102. The molecule has 1 amide bonds. The standard InChI is InChI=1S/C13H13ClN4O/c1-8-3-4-16-11(5-8)18-13(19)9-6-10(14)12(15-2)17-7-9/h3-7H,1-2H3,(H,15,17)(H,16,18,19). The summed E-state index contributed by atoms with van der Waals surface area (Å²) in [5.41, 5.74) is 1.40. The predicted octanol–water partition coefficient (Wildman–Crippen LogP) is 2.73. The molecule has 0 radical (unpaired) electrons. The molecule has 0 fully saturated rings. The molecule has 2 N–H and O–H groups in total. The van der Waals surface area contributed by atoms with Crippen LogP contribution < -0.4 is 10.6 Å². The van der Waals surface area contributed by atoms with Crippen molar-refractivity contribution < 1.29 is 4.79 Å². The molecule has 0 aliphatic rings. The van der Waals surface area contributed by atoms with Gasteiger partial charge < -0.3 is 10.6 Å². The minimum Gasteiger partial charge on any atom is -0.372 e. The second-order valence-corrected chi connectivity index (χ2v) is 4.38. The van der Waals surface area contributed by atoms with Crippen LogP contribution in [0.1, 0.15) is 15.9 Å². The smallest absolute Gasteiger partial charge is 0.258 e. The van der Waals surface area contributed by atoms with Gasteiger partial charge in [0.25, 0.3) is 5.91 Å². The summed E-state index contributed by atoms with van der Waals surface area (Å²) in [4.78, 5) is 20.1. The molecule has 0 aliphatic carbocycles. The molecule has 2 heterocycles. The Kier molecular flexibility index (Phi) is 3.97. The maximum absolute atomic E-state index is 12.0. The zero-order chi connectivity index (χ0) is 13.8. The molecule has 2 aromatic rings. The molecule has 2 aromatic heterocycles. The molecule has 0 saturated carbocycles. The lowest BCUT2D eigenvalue weighted by atomic mass is 10.2. The highest BCUT2D eigenvalue weighted by molar-refractivity contribution is 6.33. The fourth-order valence-electron chi connectivity index (χ4n) is 1.54. The minimum absolute atomic E-state index is 0.296. The van der Waals surface area contributed by atoms with Crippen LogP contribution in [0.15, 0.2) is 30.6 Å². The van der Waals surface area contributed by atoms with Gasteiger partial charge in [0.1, 0.15) is 11.6 Å². The monoisotopic (exact) mass is 276 g/mol. The van der Waals surface area contributed by atoms with E-state index in [9.17, 15) is 4.79 Å². The van der Waals surface area contributed by atoms with E-state index in [0.29, 0.717) is 22.2 Å². The van der Waals surface area contributed by atoms with Crippen molar-refractivity contribution >= 4 is 29.1 Å². The fraction of sp³-hybridized carbons (Fsp3) is 0.154. The molecule has 0 unspecified atom stereocenters. The number of anilines is 2. The number of aromatic nitrogens is 2. The Morgan fingerprint density at radius 1 is 1.32 bits per heavy atom. The summed E-state index contributed by atoms with van der Waals surface area (Å²) in [6, 6.07) is 5.20. The van der Waals surface area contributed by atoms with Gasteiger partial charge in [-0.3, -0.25) is 4.79 Å². The first kappa shape index (κ1) is 13.3. The molecule has 0 aliphatic heterocycles. The van der Waals surface area contributed by atoms with Gasteiger partial charge in [0.05, 0.1) is 10.6 Å². The highest BCUT2D eigenvalue weighted by Gasteiger charge is 2.10. The molecule has 0 spiro atoms. The Hall–Kier alpha value is -2.14. The van der Waals surface area contributed by atoms with E-state index in [1.165, 1.54) is 6.20 Å². The third-order valence-electron chi connectivity index (χ3n) is 2.50. The van der Waals surface area contributed by atoms with Crippen LogP contribution in [-0.2, 0) is 0 Å². The number of rotatable bonds is 3. The first-order valence-corrected chi connectivity index (χ1v) is 6.05. The third-order valence-corrected chi connectivity index (χ3v) is 2.79. The number of hydrogen-bond acceptors (Lipinski definition) is 4. The summed E-state index contributed by atoms with van der Waals surface area (Å²) >= 11 is 5.98. The van der Waals surface area contributed by atoms with Crippen LogP contribution in [0.25, 0.3) is 0 Å². The average Bonchev–Trinajstić information content (AvgIpc) is 2.38. The summed E-state index contributed by atoms with van der Waals surface area (Å²) in [7, 11) is 1.71. The van der Waals surface area contributed by atoms with Gasteiger partial charge in [-0.15, -0.1) is 0 Å². The number of nitrogens with one attached hydrogen (secondary N) is 2. The fourth-order valence-corrected chi connectivity index (χ4v) is 1.80. The number of pyridine rings is 2. The second-order valence-electron chi connectivity index (χ2n) is 3.98. The third kappa shape index (κ3) is 3.20. The van der Waals surface area contributed by atoms with Gasteiger partial charge in [0.2, 0.25) is 0 Å². The van der Waals surface area contributed by atoms with Gasteiger partial charge in [-0.05, 0) is 30.7 Å². The van der Waals surface area contributed by atoms with Crippen molar-refractivity contribution in [1.29, 1.82) is 0 Å². The van der Waals surface area contributed by atoms with E-state index >= 15 is 0 Å². The lowest BCUT2D eigenvalue weighted by Gasteiger charge is -2.07. The van der Waals surface area contributed by atoms with Crippen LogP contribution in [0, 0.1) is 6.92 Å². The van der Waals surface area contributed by atoms with Crippen molar-refractivity contribution in [1.82, 2.24) is 9.97 Å². The van der Waals surface area contributed by atoms with E-state index in [1.807, 2.05) is 13.0 Å². The van der Waals surface area contributed by atoms with Gasteiger partial charge in [0.15, 0.2) is 0 Å². The van der Waals surface area contributed by atoms with Crippen LogP contribution in [0.5, 0.6) is 0 Å². The SMILES string of the molecule is CNc1ncc(C(=O)Nc2cc(C)ccn2)cc1Cl. The van der Waals surface area contributed by atoms with Crippen LogP contribution in [-0.4, -0.2) is 22.9 Å². The van der Waals surface area contributed by atoms with Gasteiger partial charge >= 0.3 is 0 Å². The molecular formula is C13H13ClN4O. The topological polar surface area (TPSA) is 66.9 Å². The van der Waals surface area contributed by atoms with Crippen molar-refractivity contribution in [3.63, 3.8) is 0 Å². The van der Waals surface area contributed by atoms with Crippen molar-refractivity contribution in [2.45, 2.75) is 6.92 Å². The zero-order valence-corrected chi connectivity index (χ0v) is 11.3. The molecule has 6 heteroatoms. The zero-order valence-electron chi connectivity index (χ0n) is 10.6. The minimum atomic E-state index is -0.296. The molecule has 0 aromatic carbocycles. The van der Waals surface area contributed by atoms with E-state index in [1.54, 1.807) is 25.4 Å². The largest absolute Gasteiger partial charge is 0.372 e. The molecule has 5 nitrogen and oxygen atoms in total. The molecule has 0 saturated heterocycles. The van der Waals surface area contributed by atoms with Gasteiger partial charge in [-0.25, -0.2) is 9.97 Å². The highest BCUT2D eigenvalue weighted by Crippen LogP contribution is 2.20. The van der Waals surface area contributed by atoms with Crippen molar-refractivity contribution in [3.8, 4) is 0 Å². The Labute approximate surface area is 116 Å².